The van der Waals surface area contributed by atoms with E-state index >= 15 is 0 Å². The van der Waals surface area contributed by atoms with Crippen molar-refractivity contribution < 1.29 is 9.63 Å². The van der Waals surface area contributed by atoms with Gasteiger partial charge in [0, 0.05) is 17.7 Å². The van der Waals surface area contributed by atoms with Crippen molar-refractivity contribution >= 4 is 11.8 Å². The Kier molecular flexibility index (Phi) is 6.22. The van der Waals surface area contributed by atoms with Crippen molar-refractivity contribution in [3.63, 3.8) is 0 Å². The van der Waals surface area contributed by atoms with Crippen LogP contribution >= 0.6 is 11.8 Å². The molecule has 0 aliphatic heterocycles. The van der Waals surface area contributed by atoms with Crippen molar-refractivity contribution in [1.29, 1.82) is 0 Å². The number of aromatic nitrogens is 2. The average Bonchev–Trinajstić information content (AvgIpc) is 2.95. The molecule has 2 unspecified atom stereocenters. The molecular weight excluding hydrogens is 286 g/mol. The fourth-order valence-electron chi connectivity index (χ4n) is 2.03. The fraction of sp³-hybridized carbons (Fsp3) is 0.467. The summed E-state index contributed by atoms with van der Waals surface area (Å²) in [6, 6.07) is 10.2. The topological polar surface area (TPSA) is 71.2 Å². The summed E-state index contributed by atoms with van der Waals surface area (Å²) in [7, 11) is 0. The Morgan fingerprint density at radius 1 is 1.33 bits per heavy atom. The van der Waals surface area contributed by atoms with E-state index in [0.29, 0.717) is 24.7 Å². The molecule has 0 spiro atoms. The number of benzene rings is 1. The van der Waals surface area contributed by atoms with Crippen LogP contribution in [0.2, 0.25) is 0 Å². The first-order valence-electron chi connectivity index (χ1n) is 6.95. The van der Waals surface area contributed by atoms with E-state index < -0.39 is 0 Å². The van der Waals surface area contributed by atoms with Crippen LogP contribution < -0.4 is 5.32 Å². The van der Waals surface area contributed by atoms with Crippen LogP contribution in [0.15, 0.2) is 34.9 Å². The predicted molar refractivity (Wildman–Crippen MR) is 84.2 cm³/mol. The summed E-state index contributed by atoms with van der Waals surface area (Å²) in [5.41, 5.74) is 1.16. The summed E-state index contributed by atoms with van der Waals surface area (Å²) in [5.74, 6) is 1.26. The minimum Gasteiger partial charge on any atom is -0.395 e. The maximum Gasteiger partial charge on any atom is 0.240 e. The summed E-state index contributed by atoms with van der Waals surface area (Å²) >= 11 is 1.64. The lowest BCUT2D eigenvalue weighted by molar-refractivity contribution is 0.272. The number of nitrogens with zero attached hydrogens (tertiary/aromatic N) is 2. The van der Waals surface area contributed by atoms with Crippen LogP contribution in [0.5, 0.6) is 0 Å². The molecule has 5 nitrogen and oxygen atoms in total. The Bertz CT molecular complexity index is 529. The third-order valence-electron chi connectivity index (χ3n) is 3.33. The van der Waals surface area contributed by atoms with E-state index in [-0.39, 0.29) is 17.9 Å². The van der Waals surface area contributed by atoms with Gasteiger partial charge in [-0.05, 0) is 18.7 Å². The molecule has 0 amide bonds. The second-order valence-electron chi connectivity index (χ2n) is 4.89. The molecule has 2 aromatic rings. The first-order chi connectivity index (χ1) is 10.2. The highest BCUT2D eigenvalue weighted by Crippen LogP contribution is 2.11. The Morgan fingerprint density at radius 2 is 2.10 bits per heavy atom. The minimum absolute atomic E-state index is 0.151. The van der Waals surface area contributed by atoms with E-state index in [1.807, 2.05) is 43.5 Å². The van der Waals surface area contributed by atoms with Crippen molar-refractivity contribution in [2.24, 2.45) is 0 Å². The lowest BCUT2D eigenvalue weighted by Crippen LogP contribution is -2.37. The zero-order valence-electron chi connectivity index (χ0n) is 12.3. The Hall–Kier alpha value is -1.37. The number of rotatable bonds is 8. The van der Waals surface area contributed by atoms with Gasteiger partial charge in [-0.2, -0.15) is 16.7 Å². The molecule has 2 N–H and O–H groups in total. The van der Waals surface area contributed by atoms with E-state index in [2.05, 4.69) is 15.5 Å². The van der Waals surface area contributed by atoms with Crippen molar-refractivity contribution in [2.45, 2.75) is 31.2 Å². The summed E-state index contributed by atoms with van der Waals surface area (Å²) in [4.78, 5) is 4.38. The van der Waals surface area contributed by atoms with Gasteiger partial charge in [0.05, 0.1) is 13.2 Å². The van der Waals surface area contributed by atoms with Gasteiger partial charge in [-0.15, -0.1) is 0 Å². The summed E-state index contributed by atoms with van der Waals surface area (Å²) in [6.45, 7) is 2.71. The van der Waals surface area contributed by atoms with E-state index in [1.54, 1.807) is 11.8 Å². The van der Waals surface area contributed by atoms with Crippen LogP contribution in [0.4, 0.5) is 0 Å². The molecule has 0 bridgehead atoms. The smallest absolute Gasteiger partial charge is 0.240 e. The second-order valence-corrected chi connectivity index (χ2v) is 5.97. The van der Waals surface area contributed by atoms with Crippen LogP contribution in [-0.2, 0) is 13.0 Å². The molecule has 2 rings (SSSR count). The number of thioether (sulfide) groups is 1. The molecule has 1 aromatic heterocycles. The molecule has 114 valence electrons. The highest BCUT2D eigenvalue weighted by atomic mass is 32.2. The van der Waals surface area contributed by atoms with Crippen LogP contribution in [0.1, 0.15) is 24.2 Å². The quantitative estimate of drug-likeness (QED) is 0.776. The second kappa shape index (κ2) is 8.17. The molecule has 0 radical (unpaired) electrons. The number of aliphatic hydroxyl groups excluding tert-OH is 1. The molecule has 1 aromatic carbocycles. The van der Waals surface area contributed by atoms with Crippen molar-refractivity contribution in [3.05, 3.63) is 47.6 Å². The maximum atomic E-state index is 9.25. The molecule has 0 saturated heterocycles. The summed E-state index contributed by atoms with van der Waals surface area (Å²) in [5, 5.41) is 16.7. The van der Waals surface area contributed by atoms with Gasteiger partial charge >= 0.3 is 0 Å². The average molecular weight is 307 g/mol. The number of hydrogen-bond donors (Lipinski definition) is 2. The van der Waals surface area contributed by atoms with Crippen molar-refractivity contribution in [2.75, 3.05) is 12.9 Å². The monoisotopic (exact) mass is 307 g/mol. The maximum absolute atomic E-state index is 9.25. The van der Waals surface area contributed by atoms with Gasteiger partial charge in [-0.1, -0.05) is 35.5 Å². The van der Waals surface area contributed by atoms with Gasteiger partial charge < -0.3 is 14.9 Å². The van der Waals surface area contributed by atoms with Crippen molar-refractivity contribution in [3.8, 4) is 0 Å². The van der Waals surface area contributed by atoms with Crippen LogP contribution in [-0.4, -0.2) is 39.4 Å². The van der Waals surface area contributed by atoms with Crippen LogP contribution in [0.25, 0.3) is 0 Å². The molecule has 0 aliphatic rings. The molecule has 0 saturated carbocycles. The summed E-state index contributed by atoms with van der Waals surface area (Å²) in [6.07, 6.45) is 2.66. The van der Waals surface area contributed by atoms with Crippen molar-refractivity contribution in [1.82, 2.24) is 15.5 Å². The lowest BCUT2D eigenvalue weighted by Gasteiger charge is -2.20. The summed E-state index contributed by atoms with van der Waals surface area (Å²) < 4.78 is 5.24. The standard InChI is InChI=1S/C15H21N3O2S/c1-11(13(10-19)21-2)16-9-15-17-14(18-20-15)8-12-6-4-3-5-7-12/h3-7,11,13,16,19H,8-10H2,1-2H3. The first-order valence-corrected chi connectivity index (χ1v) is 8.24. The first kappa shape index (κ1) is 16.0. The fourth-order valence-corrected chi connectivity index (χ4v) is 2.68. The van der Waals surface area contributed by atoms with E-state index in [1.165, 1.54) is 0 Å². The third kappa shape index (κ3) is 4.84. The molecule has 6 heteroatoms. The van der Waals surface area contributed by atoms with Gasteiger partial charge in [-0.3, -0.25) is 0 Å². The van der Waals surface area contributed by atoms with Gasteiger partial charge in [0.25, 0.3) is 0 Å². The van der Waals surface area contributed by atoms with Crippen LogP contribution in [0.3, 0.4) is 0 Å². The normalized spacial score (nSPS) is 14.0. The SMILES string of the molecule is CSC(CO)C(C)NCc1nc(Cc2ccccc2)no1. The highest BCUT2D eigenvalue weighted by molar-refractivity contribution is 7.99. The Balaban J connectivity index is 1.86. The van der Waals surface area contributed by atoms with Gasteiger partial charge in [0.2, 0.25) is 5.89 Å². The van der Waals surface area contributed by atoms with Gasteiger partial charge in [-0.25, -0.2) is 0 Å². The largest absolute Gasteiger partial charge is 0.395 e. The molecule has 0 fully saturated rings. The number of hydrogen-bond acceptors (Lipinski definition) is 6. The Labute approximate surface area is 129 Å². The number of nitrogens with one attached hydrogen (secondary N) is 1. The molecule has 21 heavy (non-hydrogen) atoms. The van der Waals surface area contributed by atoms with Crippen LogP contribution in [0, 0.1) is 0 Å². The van der Waals surface area contributed by atoms with E-state index in [4.69, 9.17) is 4.52 Å². The Morgan fingerprint density at radius 3 is 2.76 bits per heavy atom. The van der Waals surface area contributed by atoms with E-state index in [9.17, 15) is 5.11 Å². The van der Waals surface area contributed by atoms with Gasteiger partial charge in [0.15, 0.2) is 5.82 Å². The third-order valence-corrected chi connectivity index (χ3v) is 4.49. The van der Waals surface area contributed by atoms with Gasteiger partial charge in [0.1, 0.15) is 0 Å². The molecule has 2 atom stereocenters. The predicted octanol–water partition coefficient (Wildman–Crippen LogP) is 1.86. The number of aliphatic hydroxyl groups is 1. The molecular formula is C15H21N3O2S. The zero-order chi connectivity index (χ0) is 15.1. The molecule has 0 aliphatic carbocycles. The van der Waals surface area contributed by atoms with E-state index in [0.717, 1.165) is 5.56 Å². The highest BCUT2D eigenvalue weighted by Gasteiger charge is 2.16. The zero-order valence-corrected chi connectivity index (χ0v) is 13.1. The minimum atomic E-state index is 0.151. The molecule has 1 heterocycles. The lowest BCUT2D eigenvalue weighted by atomic mass is 10.1.